The fourth-order valence-electron chi connectivity index (χ4n) is 3.30. The summed E-state index contributed by atoms with van der Waals surface area (Å²) in [7, 11) is 0. The monoisotopic (exact) mass is 372 g/mol. The maximum absolute atomic E-state index is 12.6. The van der Waals surface area contributed by atoms with Crippen molar-refractivity contribution >= 4 is 27.6 Å². The fraction of sp³-hybridized carbons (Fsp3) is 0.174. The van der Waals surface area contributed by atoms with Gasteiger partial charge in [-0.15, -0.1) is 0 Å². The Morgan fingerprint density at radius 3 is 2.71 bits per heavy atom. The normalized spacial score (nSPS) is 11.0. The topological polar surface area (TPSA) is 61.2 Å². The van der Waals surface area contributed by atoms with Crippen LogP contribution in [-0.2, 0) is 11.3 Å². The molecule has 1 aromatic heterocycles. The zero-order valence-electron chi connectivity index (χ0n) is 15.6. The highest BCUT2D eigenvalue weighted by Crippen LogP contribution is 2.21. The third-order valence-electron chi connectivity index (χ3n) is 4.79. The average Bonchev–Trinajstić information content (AvgIpc) is 2.70. The molecule has 0 aliphatic heterocycles. The molecule has 0 fully saturated rings. The third-order valence-corrected chi connectivity index (χ3v) is 4.79. The van der Waals surface area contributed by atoms with Crippen LogP contribution in [0.1, 0.15) is 18.4 Å². The smallest absolute Gasteiger partial charge is 0.311 e. The molecular weight excluding hydrogens is 352 g/mol. The molecule has 0 unspecified atom stereocenters. The van der Waals surface area contributed by atoms with Gasteiger partial charge in [0.2, 0.25) is 0 Å². The van der Waals surface area contributed by atoms with Crippen molar-refractivity contribution in [2.75, 3.05) is 0 Å². The number of benzene rings is 3. The number of aromatic nitrogens is 2. The Bertz CT molecular complexity index is 1230. The van der Waals surface area contributed by atoms with Gasteiger partial charge in [0.25, 0.3) is 5.56 Å². The van der Waals surface area contributed by atoms with E-state index in [2.05, 4.69) is 4.98 Å². The van der Waals surface area contributed by atoms with Crippen LogP contribution >= 0.6 is 0 Å². The number of esters is 1. The highest BCUT2D eigenvalue weighted by Gasteiger charge is 2.09. The van der Waals surface area contributed by atoms with E-state index in [9.17, 15) is 9.59 Å². The molecule has 0 atom stereocenters. The number of carbonyl (C=O) groups excluding carboxylic acids is 1. The van der Waals surface area contributed by atoms with Crippen molar-refractivity contribution in [1.29, 1.82) is 0 Å². The minimum absolute atomic E-state index is 0.0865. The summed E-state index contributed by atoms with van der Waals surface area (Å²) < 4.78 is 6.98. The van der Waals surface area contributed by atoms with Gasteiger partial charge in [-0.05, 0) is 47.9 Å². The average molecular weight is 372 g/mol. The van der Waals surface area contributed by atoms with Gasteiger partial charge in [-0.25, -0.2) is 4.98 Å². The van der Waals surface area contributed by atoms with E-state index >= 15 is 0 Å². The molecule has 3 aromatic carbocycles. The van der Waals surface area contributed by atoms with Gasteiger partial charge in [0.1, 0.15) is 5.75 Å². The number of hydrogen-bond acceptors (Lipinski definition) is 4. The van der Waals surface area contributed by atoms with Crippen LogP contribution in [0.15, 0.2) is 71.8 Å². The molecule has 0 saturated heterocycles. The minimum atomic E-state index is -0.312. The minimum Gasteiger partial charge on any atom is -0.427 e. The van der Waals surface area contributed by atoms with Gasteiger partial charge in [-0.2, -0.15) is 0 Å². The summed E-state index contributed by atoms with van der Waals surface area (Å²) in [6.45, 7) is 2.35. The predicted octanol–water partition coefficient (Wildman–Crippen LogP) is 4.24. The van der Waals surface area contributed by atoms with Crippen LogP contribution < -0.4 is 10.3 Å². The van der Waals surface area contributed by atoms with Crippen molar-refractivity contribution in [2.45, 2.75) is 26.3 Å². The van der Waals surface area contributed by atoms with Crippen LogP contribution in [0.2, 0.25) is 0 Å². The first-order valence-corrected chi connectivity index (χ1v) is 9.26. The number of nitrogens with zero attached hydrogens (tertiary/aromatic N) is 2. The van der Waals surface area contributed by atoms with Crippen molar-refractivity contribution in [1.82, 2.24) is 9.55 Å². The number of para-hydroxylation sites is 1. The summed E-state index contributed by atoms with van der Waals surface area (Å²) in [5.41, 5.74) is 1.61. The molecular formula is C23H20N2O3. The van der Waals surface area contributed by atoms with Gasteiger partial charge < -0.3 is 4.74 Å². The van der Waals surface area contributed by atoms with Crippen LogP contribution in [-0.4, -0.2) is 15.5 Å². The molecule has 0 radical (unpaired) electrons. The lowest BCUT2D eigenvalue weighted by molar-refractivity contribution is -0.134. The van der Waals surface area contributed by atoms with Crippen molar-refractivity contribution in [3.63, 3.8) is 0 Å². The van der Waals surface area contributed by atoms with E-state index in [0.29, 0.717) is 24.1 Å². The van der Waals surface area contributed by atoms with Crippen LogP contribution in [0.3, 0.4) is 0 Å². The van der Waals surface area contributed by atoms with Gasteiger partial charge in [0.15, 0.2) is 0 Å². The Balaban J connectivity index is 1.39. The third kappa shape index (κ3) is 3.64. The van der Waals surface area contributed by atoms with Crippen LogP contribution in [0.4, 0.5) is 0 Å². The number of aryl methyl sites for hydroxylation is 2. The maximum Gasteiger partial charge on any atom is 0.311 e. The highest BCUT2D eigenvalue weighted by atomic mass is 16.5. The van der Waals surface area contributed by atoms with E-state index in [1.807, 2.05) is 55.5 Å². The Morgan fingerprint density at radius 2 is 1.86 bits per heavy atom. The molecule has 0 bridgehead atoms. The molecule has 28 heavy (non-hydrogen) atoms. The molecule has 0 amide bonds. The summed E-state index contributed by atoms with van der Waals surface area (Å²) >= 11 is 0. The molecule has 1 heterocycles. The number of rotatable bonds is 5. The van der Waals surface area contributed by atoms with E-state index in [0.717, 1.165) is 21.9 Å². The fourth-order valence-corrected chi connectivity index (χ4v) is 3.30. The van der Waals surface area contributed by atoms with E-state index < -0.39 is 0 Å². The maximum atomic E-state index is 12.6. The van der Waals surface area contributed by atoms with Crippen molar-refractivity contribution in [2.24, 2.45) is 0 Å². The van der Waals surface area contributed by atoms with Crippen LogP contribution in [0.25, 0.3) is 21.7 Å². The molecule has 0 spiro atoms. The summed E-state index contributed by atoms with van der Waals surface area (Å²) in [5, 5.41) is 2.72. The Kier molecular flexibility index (Phi) is 4.89. The summed E-state index contributed by atoms with van der Waals surface area (Å²) in [4.78, 5) is 29.1. The van der Waals surface area contributed by atoms with Crippen molar-refractivity contribution in [3.8, 4) is 5.75 Å². The second kappa shape index (κ2) is 7.64. The molecule has 0 N–H and O–H groups in total. The molecule has 0 saturated carbocycles. The molecule has 5 nitrogen and oxygen atoms in total. The van der Waals surface area contributed by atoms with E-state index in [4.69, 9.17) is 4.74 Å². The van der Waals surface area contributed by atoms with Gasteiger partial charge in [-0.3, -0.25) is 14.2 Å². The number of hydrogen-bond donors (Lipinski definition) is 0. The molecule has 0 aliphatic rings. The number of carbonyl (C=O) groups is 1. The van der Waals surface area contributed by atoms with Gasteiger partial charge >= 0.3 is 5.97 Å². The highest BCUT2D eigenvalue weighted by molar-refractivity contribution is 5.84. The zero-order valence-corrected chi connectivity index (χ0v) is 15.6. The van der Waals surface area contributed by atoms with E-state index in [1.54, 1.807) is 23.0 Å². The van der Waals surface area contributed by atoms with E-state index in [1.165, 1.54) is 0 Å². The molecule has 0 aliphatic carbocycles. The second-order valence-electron chi connectivity index (χ2n) is 6.80. The van der Waals surface area contributed by atoms with Crippen molar-refractivity contribution < 1.29 is 9.53 Å². The summed E-state index contributed by atoms with van der Waals surface area (Å²) in [5.74, 6) is 0.219. The van der Waals surface area contributed by atoms with Crippen LogP contribution in [0, 0.1) is 6.92 Å². The molecule has 4 rings (SSSR count). The SMILES string of the molecule is Cc1cccc2c(=O)n(CCCC(=O)Oc3ccc4ccccc4c3)cnc12. The summed E-state index contributed by atoms with van der Waals surface area (Å²) in [6, 6.07) is 19.1. The number of ether oxygens (including phenoxy) is 1. The molecule has 140 valence electrons. The quantitative estimate of drug-likeness (QED) is 0.388. The number of fused-ring (bicyclic) bond motifs is 2. The molecule has 4 aromatic rings. The largest absolute Gasteiger partial charge is 0.427 e. The lowest BCUT2D eigenvalue weighted by Gasteiger charge is -2.08. The first-order chi connectivity index (χ1) is 13.6. The van der Waals surface area contributed by atoms with Gasteiger partial charge in [0, 0.05) is 13.0 Å². The Hall–Kier alpha value is -3.47. The van der Waals surface area contributed by atoms with Crippen molar-refractivity contribution in [3.05, 3.63) is 82.9 Å². The summed E-state index contributed by atoms with van der Waals surface area (Å²) in [6.07, 6.45) is 2.28. The first-order valence-electron chi connectivity index (χ1n) is 9.26. The predicted molar refractivity (Wildman–Crippen MR) is 110 cm³/mol. The lowest BCUT2D eigenvalue weighted by atomic mass is 10.1. The lowest BCUT2D eigenvalue weighted by Crippen LogP contribution is -2.21. The second-order valence-corrected chi connectivity index (χ2v) is 6.80. The zero-order chi connectivity index (χ0) is 19.5. The first kappa shape index (κ1) is 17.9. The Morgan fingerprint density at radius 1 is 1.04 bits per heavy atom. The standard InChI is InChI=1S/C23H20N2O3/c1-16-6-4-9-20-22(16)24-15-25(23(20)27)13-5-10-21(26)28-19-12-11-17-7-2-3-8-18(17)14-19/h2-4,6-9,11-12,14-15H,5,10,13H2,1H3. The van der Waals surface area contributed by atoms with Gasteiger partial charge in [0.05, 0.1) is 17.2 Å². The van der Waals surface area contributed by atoms with Gasteiger partial charge in [-0.1, -0.05) is 42.5 Å². The Labute approximate surface area is 162 Å². The van der Waals surface area contributed by atoms with E-state index in [-0.39, 0.29) is 17.9 Å². The molecule has 5 heteroatoms. The van der Waals surface area contributed by atoms with Crippen LogP contribution in [0.5, 0.6) is 5.75 Å².